The lowest BCUT2D eigenvalue weighted by molar-refractivity contribution is 0.173. The van der Waals surface area contributed by atoms with Crippen molar-refractivity contribution in [3.05, 3.63) is 59.2 Å². The van der Waals surface area contributed by atoms with Gasteiger partial charge in [-0.3, -0.25) is 0 Å². The van der Waals surface area contributed by atoms with Gasteiger partial charge in [0.15, 0.2) is 0 Å². The maximum absolute atomic E-state index is 9.77. The Hall–Kier alpha value is -2.51. The molecule has 114 valence electrons. The van der Waals surface area contributed by atoms with Crippen molar-refractivity contribution in [1.82, 2.24) is 0 Å². The van der Waals surface area contributed by atoms with Gasteiger partial charge in [0.2, 0.25) is 0 Å². The topological polar surface area (TPSA) is 62.5 Å². The highest BCUT2D eigenvalue weighted by atomic mass is 16.5. The number of hydrogen-bond donors (Lipinski definition) is 1. The van der Waals surface area contributed by atoms with Gasteiger partial charge in [-0.15, -0.1) is 0 Å². The van der Waals surface area contributed by atoms with Crippen molar-refractivity contribution in [3.8, 4) is 17.6 Å². The molecule has 1 unspecified atom stereocenters. The minimum Gasteiger partial charge on any atom is -0.496 e. The van der Waals surface area contributed by atoms with Crippen LogP contribution in [0.1, 0.15) is 36.1 Å². The molecule has 1 atom stereocenters. The Kier molecular flexibility index (Phi) is 5.40. The summed E-state index contributed by atoms with van der Waals surface area (Å²) in [4.78, 5) is 0. The summed E-state index contributed by atoms with van der Waals surface area (Å²) in [6.45, 7) is 2.25. The standard InChI is InChI=1S/C18H19NO3/c1-3-17(20)14-5-7-16(8-6-14)22-12-15-10-13(11-19)4-9-18(15)21-2/h4-10,17,20H,3,12H2,1-2H3. The van der Waals surface area contributed by atoms with Gasteiger partial charge in [-0.1, -0.05) is 19.1 Å². The van der Waals surface area contributed by atoms with E-state index in [2.05, 4.69) is 6.07 Å². The molecule has 2 aromatic carbocycles. The van der Waals surface area contributed by atoms with Crippen molar-refractivity contribution in [1.29, 1.82) is 5.26 Å². The average Bonchev–Trinajstić information content (AvgIpc) is 2.59. The molecule has 0 fully saturated rings. The predicted molar refractivity (Wildman–Crippen MR) is 83.7 cm³/mol. The summed E-state index contributed by atoms with van der Waals surface area (Å²) < 4.78 is 11.0. The van der Waals surface area contributed by atoms with E-state index in [1.807, 2.05) is 31.2 Å². The van der Waals surface area contributed by atoms with E-state index in [0.717, 1.165) is 11.1 Å². The first kappa shape index (κ1) is 15.9. The SMILES string of the molecule is CCC(O)c1ccc(OCc2cc(C#N)ccc2OC)cc1. The van der Waals surface area contributed by atoms with E-state index in [-0.39, 0.29) is 0 Å². The molecule has 22 heavy (non-hydrogen) atoms. The van der Waals surface area contributed by atoms with Crippen LogP contribution in [0.2, 0.25) is 0 Å². The lowest BCUT2D eigenvalue weighted by Gasteiger charge is -2.12. The van der Waals surface area contributed by atoms with E-state index < -0.39 is 6.10 Å². The largest absolute Gasteiger partial charge is 0.496 e. The fourth-order valence-electron chi connectivity index (χ4n) is 2.14. The molecule has 0 aliphatic carbocycles. The number of methoxy groups -OCH3 is 1. The normalized spacial score (nSPS) is 11.5. The highest BCUT2D eigenvalue weighted by molar-refractivity contribution is 5.42. The quantitative estimate of drug-likeness (QED) is 0.885. The molecule has 4 nitrogen and oxygen atoms in total. The smallest absolute Gasteiger partial charge is 0.125 e. The first-order chi connectivity index (χ1) is 10.7. The van der Waals surface area contributed by atoms with Crippen LogP contribution in [0.25, 0.3) is 0 Å². The number of nitriles is 1. The molecule has 1 N–H and O–H groups in total. The molecule has 0 amide bonds. The maximum atomic E-state index is 9.77. The lowest BCUT2D eigenvalue weighted by Crippen LogP contribution is -2.00. The van der Waals surface area contributed by atoms with Gasteiger partial charge < -0.3 is 14.6 Å². The van der Waals surface area contributed by atoms with Gasteiger partial charge in [0.05, 0.1) is 24.8 Å². The third kappa shape index (κ3) is 3.78. The highest BCUT2D eigenvalue weighted by Gasteiger charge is 2.07. The maximum Gasteiger partial charge on any atom is 0.125 e. The number of rotatable bonds is 6. The fourth-order valence-corrected chi connectivity index (χ4v) is 2.14. The van der Waals surface area contributed by atoms with Crippen LogP contribution in [0.15, 0.2) is 42.5 Å². The number of hydrogen-bond acceptors (Lipinski definition) is 4. The molecule has 2 aromatic rings. The number of aliphatic hydroxyl groups excluding tert-OH is 1. The van der Waals surface area contributed by atoms with Crippen LogP contribution >= 0.6 is 0 Å². The van der Waals surface area contributed by atoms with Crippen LogP contribution in [0, 0.1) is 11.3 Å². The second kappa shape index (κ2) is 7.48. The van der Waals surface area contributed by atoms with Crippen molar-refractivity contribution in [2.75, 3.05) is 7.11 Å². The molecule has 4 heteroatoms. The Morgan fingerprint density at radius 3 is 2.50 bits per heavy atom. The van der Waals surface area contributed by atoms with Gasteiger partial charge >= 0.3 is 0 Å². The number of ether oxygens (including phenoxy) is 2. The minimum absolute atomic E-state index is 0.314. The molecule has 0 aromatic heterocycles. The second-order valence-corrected chi connectivity index (χ2v) is 4.92. The second-order valence-electron chi connectivity index (χ2n) is 4.92. The third-order valence-electron chi connectivity index (χ3n) is 3.46. The first-order valence-corrected chi connectivity index (χ1v) is 7.15. The van der Waals surface area contributed by atoms with Crippen molar-refractivity contribution in [2.24, 2.45) is 0 Å². The molecule has 0 aliphatic rings. The summed E-state index contributed by atoms with van der Waals surface area (Å²) >= 11 is 0. The van der Waals surface area contributed by atoms with E-state index in [4.69, 9.17) is 14.7 Å². The average molecular weight is 297 g/mol. The highest BCUT2D eigenvalue weighted by Crippen LogP contribution is 2.23. The zero-order chi connectivity index (χ0) is 15.9. The van der Waals surface area contributed by atoms with Gasteiger partial charge in [-0.2, -0.15) is 5.26 Å². The van der Waals surface area contributed by atoms with Gasteiger partial charge in [0, 0.05) is 5.56 Å². The third-order valence-corrected chi connectivity index (χ3v) is 3.46. The Bertz CT molecular complexity index is 659. The van der Waals surface area contributed by atoms with Crippen molar-refractivity contribution in [3.63, 3.8) is 0 Å². The zero-order valence-corrected chi connectivity index (χ0v) is 12.7. The van der Waals surface area contributed by atoms with Crippen LogP contribution in [-0.2, 0) is 6.61 Å². The van der Waals surface area contributed by atoms with Gasteiger partial charge in [0.25, 0.3) is 0 Å². The van der Waals surface area contributed by atoms with Gasteiger partial charge in [0.1, 0.15) is 18.1 Å². The molecule has 0 radical (unpaired) electrons. The zero-order valence-electron chi connectivity index (χ0n) is 12.7. The molecular weight excluding hydrogens is 278 g/mol. The van der Waals surface area contributed by atoms with Crippen LogP contribution < -0.4 is 9.47 Å². The Morgan fingerprint density at radius 1 is 1.18 bits per heavy atom. The van der Waals surface area contributed by atoms with E-state index in [1.54, 1.807) is 25.3 Å². The first-order valence-electron chi connectivity index (χ1n) is 7.15. The molecule has 2 rings (SSSR count). The van der Waals surface area contributed by atoms with E-state index in [1.165, 1.54) is 0 Å². The molecule has 0 saturated carbocycles. The van der Waals surface area contributed by atoms with Crippen molar-refractivity contribution < 1.29 is 14.6 Å². The van der Waals surface area contributed by atoms with Crippen molar-refractivity contribution >= 4 is 0 Å². The van der Waals surface area contributed by atoms with Gasteiger partial charge in [-0.25, -0.2) is 0 Å². The molecule has 0 spiro atoms. The number of nitrogens with zero attached hydrogens (tertiary/aromatic N) is 1. The summed E-state index contributed by atoms with van der Waals surface area (Å²) in [6.07, 6.45) is 0.236. The molecule has 0 bridgehead atoms. The minimum atomic E-state index is -0.443. The summed E-state index contributed by atoms with van der Waals surface area (Å²) in [5, 5.41) is 18.7. The monoisotopic (exact) mass is 297 g/mol. The molecule has 0 aliphatic heterocycles. The van der Waals surface area contributed by atoms with Crippen LogP contribution in [-0.4, -0.2) is 12.2 Å². The van der Waals surface area contributed by atoms with Crippen LogP contribution in [0.3, 0.4) is 0 Å². The summed E-state index contributed by atoms with van der Waals surface area (Å²) in [7, 11) is 1.59. The number of aliphatic hydroxyl groups is 1. The molecule has 0 heterocycles. The summed E-state index contributed by atoms with van der Waals surface area (Å²) in [5.74, 6) is 1.40. The van der Waals surface area contributed by atoms with E-state index in [0.29, 0.717) is 30.1 Å². The predicted octanol–water partition coefficient (Wildman–Crippen LogP) is 3.59. The summed E-state index contributed by atoms with van der Waals surface area (Å²) in [5.41, 5.74) is 2.26. The fraction of sp³-hybridized carbons (Fsp3) is 0.278. The molecule has 0 saturated heterocycles. The number of benzene rings is 2. The van der Waals surface area contributed by atoms with Crippen LogP contribution in [0.4, 0.5) is 0 Å². The Balaban J connectivity index is 2.08. The van der Waals surface area contributed by atoms with Gasteiger partial charge in [-0.05, 0) is 42.3 Å². The van der Waals surface area contributed by atoms with Crippen LogP contribution in [0.5, 0.6) is 11.5 Å². The van der Waals surface area contributed by atoms with E-state index in [9.17, 15) is 5.11 Å². The van der Waals surface area contributed by atoms with E-state index >= 15 is 0 Å². The Morgan fingerprint density at radius 2 is 1.91 bits per heavy atom. The summed E-state index contributed by atoms with van der Waals surface area (Å²) in [6, 6.07) is 14.7. The van der Waals surface area contributed by atoms with Crippen molar-refractivity contribution in [2.45, 2.75) is 26.1 Å². The molecular formula is C18H19NO3. The Labute approximate surface area is 130 Å². The lowest BCUT2D eigenvalue weighted by atomic mass is 10.1.